The Balaban J connectivity index is 2.12. The highest BCUT2D eigenvalue weighted by atomic mass is 79.9. The highest BCUT2D eigenvalue weighted by Crippen LogP contribution is 2.35. The predicted molar refractivity (Wildman–Crippen MR) is 80.5 cm³/mol. The Bertz CT molecular complexity index is 404. The molecule has 1 aromatic carbocycles. The molecule has 2 rings (SSSR count). The molecule has 0 aromatic heterocycles. The summed E-state index contributed by atoms with van der Waals surface area (Å²) in [5.74, 6) is 0.838. The summed E-state index contributed by atoms with van der Waals surface area (Å²) >= 11 is 7.05. The molecule has 1 fully saturated rings. The maximum Gasteiger partial charge on any atom is 0.135 e. The second kappa shape index (κ2) is 6.78. The Hall–Kier alpha value is -0.260. The SMILES string of the molecule is COc1cc(NC2CCCOCC2)c(Br)cc1Br. The van der Waals surface area contributed by atoms with Crippen molar-refractivity contribution < 1.29 is 9.47 Å². The molecule has 18 heavy (non-hydrogen) atoms. The van der Waals surface area contributed by atoms with Crippen molar-refractivity contribution in [3.8, 4) is 5.75 Å². The Morgan fingerprint density at radius 1 is 1.22 bits per heavy atom. The number of anilines is 1. The van der Waals surface area contributed by atoms with Crippen LogP contribution in [0.2, 0.25) is 0 Å². The summed E-state index contributed by atoms with van der Waals surface area (Å²) in [5, 5.41) is 3.56. The molecule has 0 spiro atoms. The fraction of sp³-hybridized carbons (Fsp3) is 0.538. The van der Waals surface area contributed by atoms with Crippen LogP contribution in [0.15, 0.2) is 21.1 Å². The number of rotatable bonds is 3. The summed E-state index contributed by atoms with van der Waals surface area (Å²) in [4.78, 5) is 0. The summed E-state index contributed by atoms with van der Waals surface area (Å²) in [6.45, 7) is 1.71. The molecule has 100 valence electrons. The van der Waals surface area contributed by atoms with Gasteiger partial charge in [-0.3, -0.25) is 0 Å². The lowest BCUT2D eigenvalue weighted by molar-refractivity contribution is 0.144. The molecule has 0 bridgehead atoms. The molecule has 1 aliphatic rings. The average Bonchev–Trinajstić information content (AvgIpc) is 2.61. The van der Waals surface area contributed by atoms with E-state index in [2.05, 4.69) is 37.2 Å². The van der Waals surface area contributed by atoms with Crippen LogP contribution in [0.1, 0.15) is 19.3 Å². The van der Waals surface area contributed by atoms with E-state index in [0.717, 1.165) is 52.9 Å². The van der Waals surface area contributed by atoms with E-state index in [1.165, 1.54) is 0 Å². The third-order valence-corrected chi connectivity index (χ3v) is 4.33. The van der Waals surface area contributed by atoms with Gasteiger partial charge in [0.1, 0.15) is 5.75 Å². The molecule has 0 saturated carbocycles. The van der Waals surface area contributed by atoms with Crippen LogP contribution in [0.4, 0.5) is 5.69 Å². The first-order valence-electron chi connectivity index (χ1n) is 6.08. The zero-order chi connectivity index (χ0) is 13.0. The van der Waals surface area contributed by atoms with Crippen molar-refractivity contribution in [2.24, 2.45) is 0 Å². The van der Waals surface area contributed by atoms with Crippen molar-refractivity contribution in [2.75, 3.05) is 25.6 Å². The number of halogens is 2. The van der Waals surface area contributed by atoms with Crippen LogP contribution in [0.3, 0.4) is 0 Å². The normalized spacial score (nSPS) is 20.3. The van der Waals surface area contributed by atoms with E-state index in [0.29, 0.717) is 6.04 Å². The number of ether oxygens (including phenoxy) is 2. The molecule has 5 heteroatoms. The number of hydrogen-bond donors (Lipinski definition) is 1. The molecule has 1 aliphatic heterocycles. The van der Waals surface area contributed by atoms with Crippen molar-refractivity contribution >= 4 is 37.5 Å². The Morgan fingerprint density at radius 3 is 2.83 bits per heavy atom. The van der Waals surface area contributed by atoms with Crippen LogP contribution in [0.25, 0.3) is 0 Å². The lowest BCUT2D eigenvalue weighted by Gasteiger charge is -2.19. The van der Waals surface area contributed by atoms with E-state index in [-0.39, 0.29) is 0 Å². The van der Waals surface area contributed by atoms with E-state index in [4.69, 9.17) is 9.47 Å². The van der Waals surface area contributed by atoms with Gasteiger partial charge in [-0.15, -0.1) is 0 Å². The zero-order valence-electron chi connectivity index (χ0n) is 10.3. The van der Waals surface area contributed by atoms with Gasteiger partial charge in [0.2, 0.25) is 0 Å². The molecule has 1 unspecified atom stereocenters. The first-order chi connectivity index (χ1) is 8.70. The maximum atomic E-state index is 5.47. The first-order valence-corrected chi connectivity index (χ1v) is 7.66. The lowest BCUT2D eigenvalue weighted by atomic mass is 10.1. The minimum absolute atomic E-state index is 0.467. The molecule has 3 nitrogen and oxygen atoms in total. The third-order valence-electron chi connectivity index (χ3n) is 3.05. The van der Waals surface area contributed by atoms with Gasteiger partial charge in [0.05, 0.1) is 17.3 Å². The standard InChI is InChI=1S/C13H17Br2NO2/c1-17-13-8-12(10(14)7-11(13)15)16-9-3-2-5-18-6-4-9/h7-9,16H,2-6H2,1H3. The Kier molecular flexibility index (Phi) is 5.33. The summed E-state index contributed by atoms with van der Waals surface area (Å²) < 4.78 is 12.8. The highest BCUT2D eigenvalue weighted by molar-refractivity contribution is 9.11. The van der Waals surface area contributed by atoms with Crippen LogP contribution in [0.5, 0.6) is 5.75 Å². The fourth-order valence-electron chi connectivity index (χ4n) is 2.06. The van der Waals surface area contributed by atoms with E-state index in [9.17, 15) is 0 Å². The summed E-state index contributed by atoms with van der Waals surface area (Å²) in [7, 11) is 1.68. The average molecular weight is 379 g/mol. The molecule has 1 aromatic rings. The van der Waals surface area contributed by atoms with Gasteiger partial charge in [-0.1, -0.05) is 0 Å². The number of methoxy groups -OCH3 is 1. The highest BCUT2D eigenvalue weighted by Gasteiger charge is 2.14. The molecular weight excluding hydrogens is 362 g/mol. The molecule has 0 aliphatic carbocycles. The molecule has 1 heterocycles. The van der Waals surface area contributed by atoms with Crippen molar-refractivity contribution in [2.45, 2.75) is 25.3 Å². The van der Waals surface area contributed by atoms with Crippen molar-refractivity contribution in [1.82, 2.24) is 0 Å². The summed E-state index contributed by atoms with van der Waals surface area (Å²) in [6.07, 6.45) is 3.30. The zero-order valence-corrected chi connectivity index (χ0v) is 13.5. The lowest BCUT2D eigenvalue weighted by Crippen LogP contribution is -2.19. The molecular formula is C13H17Br2NO2. The van der Waals surface area contributed by atoms with Gasteiger partial charge < -0.3 is 14.8 Å². The van der Waals surface area contributed by atoms with Crippen molar-refractivity contribution in [3.63, 3.8) is 0 Å². The van der Waals surface area contributed by atoms with E-state index in [1.807, 2.05) is 12.1 Å². The predicted octanol–water partition coefficient (Wildman–Crippen LogP) is 4.20. The van der Waals surface area contributed by atoms with Gasteiger partial charge in [-0.05, 0) is 57.2 Å². The Morgan fingerprint density at radius 2 is 2.06 bits per heavy atom. The quantitative estimate of drug-likeness (QED) is 0.854. The fourth-order valence-corrected chi connectivity index (χ4v) is 3.33. The van der Waals surface area contributed by atoms with Crippen molar-refractivity contribution in [3.05, 3.63) is 21.1 Å². The number of benzene rings is 1. The summed E-state index contributed by atoms with van der Waals surface area (Å²) in [5.41, 5.74) is 1.07. The van der Waals surface area contributed by atoms with E-state index >= 15 is 0 Å². The second-order valence-electron chi connectivity index (χ2n) is 4.35. The molecule has 1 N–H and O–H groups in total. The smallest absolute Gasteiger partial charge is 0.135 e. The first kappa shape index (κ1) is 14.2. The van der Waals surface area contributed by atoms with Gasteiger partial charge in [0.25, 0.3) is 0 Å². The Labute approximate surface area is 124 Å². The van der Waals surface area contributed by atoms with Crippen LogP contribution >= 0.6 is 31.9 Å². The molecule has 1 saturated heterocycles. The molecule has 0 radical (unpaired) electrons. The van der Waals surface area contributed by atoms with E-state index < -0.39 is 0 Å². The monoisotopic (exact) mass is 377 g/mol. The summed E-state index contributed by atoms with van der Waals surface area (Å²) in [6, 6.07) is 4.49. The van der Waals surface area contributed by atoms with Gasteiger partial charge in [-0.2, -0.15) is 0 Å². The largest absolute Gasteiger partial charge is 0.495 e. The van der Waals surface area contributed by atoms with Gasteiger partial charge in [0.15, 0.2) is 0 Å². The van der Waals surface area contributed by atoms with Gasteiger partial charge in [0, 0.05) is 29.8 Å². The molecule has 1 atom stereocenters. The minimum atomic E-state index is 0.467. The third kappa shape index (κ3) is 3.62. The maximum absolute atomic E-state index is 5.47. The van der Waals surface area contributed by atoms with Gasteiger partial charge >= 0.3 is 0 Å². The van der Waals surface area contributed by atoms with Crippen LogP contribution in [0, 0.1) is 0 Å². The minimum Gasteiger partial charge on any atom is -0.495 e. The van der Waals surface area contributed by atoms with Gasteiger partial charge in [-0.25, -0.2) is 0 Å². The molecule has 0 amide bonds. The van der Waals surface area contributed by atoms with Crippen LogP contribution in [-0.4, -0.2) is 26.4 Å². The van der Waals surface area contributed by atoms with E-state index in [1.54, 1.807) is 7.11 Å². The topological polar surface area (TPSA) is 30.5 Å². The van der Waals surface area contributed by atoms with Crippen LogP contribution < -0.4 is 10.1 Å². The van der Waals surface area contributed by atoms with Crippen molar-refractivity contribution in [1.29, 1.82) is 0 Å². The number of nitrogens with one attached hydrogen (secondary N) is 1. The van der Waals surface area contributed by atoms with Crippen LogP contribution in [-0.2, 0) is 4.74 Å². The number of hydrogen-bond acceptors (Lipinski definition) is 3. The second-order valence-corrected chi connectivity index (χ2v) is 6.06.